The Labute approximate surface area is 180 Å². The zero-order chi connectivity index (χ0) is 22.9. The zero-order valence-corrected chi connectivity index (χ0v) is 17.0. The lowest BCUT2D eigenvalue weighted by atomic mass is 9.85. The molecule has 3 atom stereocenters. The Morgan fingerprint density at radius 2 is 1.77 bits per heavy atom. The summed E-state index contributed by atoms with van der Waals surface area (Å²) in [5, 5.41) is 1.68. The summed E-state index contributed by atoms with van der Waals surface area (Å²) in [4.78, 5) is 49.9. The number of rotatable bonds is 5. The van der Waals surface area contributed by atoms with Crippen LogP contribution in [0.15, 0.2) is 30.4 Å². The van der Waals surface area contributed by atoms with Crippen LogP contribution >= 0.6 is 11.6 Å². The molecule has 11 heteroatoms. The number of benzene rings is 1. The Bertz CT molecular complexity index is 937. The first-order valence-electron chi connectivity index (χ1n) is 9.36. The fourth-order valence-corrected chi connectivity index (χ4v) is 3.73. The van der Waals surface area contributed by atoms with E-state index < -0.39 is 64.9 Å². The van der Waals surface area contributed by atoms with E-state index in [0.717, 1.165) is 11.0 Å². The highest BCUT2D eigenvalue weighted by Gasteiger charge is 2.48. The Balaban J connectivity index is 1.58. The van der Waals surface area contributed by atoms with E-state index in [1.807, 2.05) is 12.2 Å². The van der Waals surface area contributed by atoms with Gasteiger partial charge in [-0.3, -0.25) is 24.1 Å². The second-order valence-electron chi connectivity index (χ2n) is 7.23. The predicted octanol–water partition coefficient (Wildman–Crippen LogP) is 3.18. The number of allylic oxidation sites excluding steroid dienone is 2. The number of anilines is 1. The fourth-order valence-electron chi connectivity index (χ4n) is 3.51. The fraction of sp³-hybridized carbons (Fsp3) is 0.400. The van der Waals surface area contributed by atoms with Gasteiger partial charge in [0.2, 0.25) is 11.8 Å². The first-order chi connectivity index (χ1) is 14.5. The summed E-state index contributed by atoms with van der Waals surface area (Å²) in [6.45, 7) is 0.576. The molecule has 1 N–H and O–H groups in total. The van der Waals surface area contributed by atoms with Crippen molar-refractivity contribution < 1.29 is 37.1 Å². The van der Waals surface area contributed by atoms with Gasteiger partial charge in [-0.25, -0.2) is 0 Å². The number of hydrogen-bond donors (Lipinski definition) is 1. The predicted molar refractivity (Wildman–Crippen MR) is 103 cm³/mol. The third-order valence-electron chi connectivity index (χ3n) is 5.10. The van der Waals surface area contributed by atoms with Gasteiger partial charge in [0.1, 0.15) is 6.54 Å². The van der Waals surface area contributed by atoms with Crippen molar-refractivity contribution in [1.82, 2.24) is 4.90 Å². The van der Waals surface area contributed by atoms with Gasteiger partial charge in [0.25, 0.3) is 5.91 Å². The number of imide groups is 1. The quantitative estimate of drug-likeness (QED) is 0.415. The number of hydrogen-bond acceptors (Lipinski definition) is 5. The number of esters is 1. The number of fused-ring (bicyclic) bond motifs is 1. The van der Waals surface area contributed by atoms with Gasteiger partial charge in [-0.2, -0.15) is 13.2 Å². The summed E-state index contributed by atoms with van der Waals surface area (Å²) in [5.74, 6) is -3.80. The van der Waals surface area contributed by atoms with Crippen molar-refractivity contribution in [3.63, 3.8) is 0 Å². The van der Waals surface area contributed by atoms with Gasteiger partial charge in [-0.1, -0.05) is 23.8 Å². The van der Waals surface area contributed by atoms with E-state index >= 15 is 0 Å². The Morgan fingerprint density at radius 1 is 1.19 bits per heavy atom. The Morgan fingerprint density at radius 3 is 2.32 bits per heavy atom. The van der Waals surface area contributed by atoms with Gasteiger partial charge in [0.15, 0.2) is 6.10 Å². The average molecular weight is 459 g/mol. The van der Waals surface area contributed by atoms with Gasteiger partial charge in [0, 0.05) is 5.69 Å². The van der Waals surface area contributed by atoms with E-state index in [2.05, 4.69) is 5.32 Å². The van der Waals surface area contributed by atoms with Gasteiger partial charge in [0.05, 0.1) is 22.4 Å². The third kappa shape index (κ3) is 4.90. The van der Waals surface area contributed by atoms with Crippen LogP contribution in [0.25, 0.3) is 0 Å². The number of ether oxygens (including phenoxy) is 1. The van der Waals surface area contributed by atoms with Crippen LogP contribution < -0.4 is 5.32 Å². The van der Waals surface area contributed by atoms with Crippen molar-refractivity contribution in [2.24, 2.45) is 11.8 Å². The van der Waals surface area contributed by atoms with Crippen molar-refractivity contribution in [3.8, 4) is 0 Å². The lowest BCUT2D eigenvalue weighted by Crippen LogP contribution is -2.39. The van der Waals surface area contributed by atoms with Crippen molar-refractivity contribution >= 4 is 41.0 Å². The molecule has 31 heavy (non-hydrogen) atoms. The largest absolute Gasteiger partial charge is 0.451 e. The summed E-state index contributed by atoms with van der Waals surface area (Å²) in [6, 6.07) is 2.81. The molecule has 166 valence electrons. The second-order valence-corrected chi connectivity index (χ2v) is 7.64. The van der Waals surface area contributed by atoms with E-state index in [-0.39, 0.29) is 5.69 Å². The van der Waals surface area contributed by atoms with Crippen LogP contribution in [-0.2, 0) is 30.1 Å². The molecular formula is C20H18ClF3N2O5. The van der Waals surface area contributed by atoms with E-state index in [0.29, 0.717) is 18.9 Å². The van der Waals surface area contributed by atoms with Crippen LogP contribution in [0.4, 0.5) is 18.9 Å². The smallest absolute Gasteiger partial charge is 0.417 e. The number of likely N-dealkylation sites (tertiary alicyclic amines) is 1. The van der Waals surface area contributed by atoms with E-state index in [4.69, 9.17) is 16.3 Å². The van der Waals surface area contributed by atoms with Crippen LogP contribution in [0.2, 0.25) is 5.02 Å². The number of amides is 3. The molecule has 1 aliphatic carbocycles. The Hall–Kier alpha value is -2.88. The summed E-state index contributed by atoms with van der Waals surface area (Å²) in [6.07, 6.45) is -1.64. The minimum absolute atomic E-state index is 0.189. The molecule has 1 aromatic carbocycles. The molecule has 7 nitrogen and oxygen atoms in total. The SMILES string of the molecule is CC(OC(=O)CN1C(=O)C2CC=CCC2C1=O)C(=O)Nc1ccc(Cl)c(C(F)(F)F)c1. The average Bonchev–Trinajstić information content (AvgIpc) is 2.93. The van der Waals surface area contributed by atoms with Crippen LogP contribution in [0.1, 0.15) is 25.3 Å². The summed E-state index contributed by atoms with van der Waals surface area (Å²) < 4.78 is 43.8. The Kier molecular flexibility index (Phi) is 6.40. The number of carbonyl (C=O) groups excluding carboxylic acids is 4. The first-order valence-corrected chi connectivity index (χ1v) is 9.74. The highest BCUT2D eigenvalue weighted by Crippen LogP contribution is 2.36. The van der Waals surface area contributed by atoms with Crippen molar-refractivity contribution in [3.05, 3.63) is 40.9 Å². The van der Waals surface area contributed by atoms with Crippen molar-refractivity contribution in [1.29, 1.82) is 0 Å². The van der Waals surface area contributed by atoms with Crippen molar-refractivity contribution in [2.75, 3.05) is 11.9 Å². The van der Waals surface area contributed by atoms with E-state index in [9.17, 15) is 32.3 Å². The van der Waals surface area contributed by atoms with Gasteiger partial charge in [-0.15, -0.1) is 0 Å². The molecular weight excluding hydrogens is 441 g/mol. The molecule has 2 aliphatic rings. The maximum atomic E-state index is 12.9. The van der Waals surface area contributed by atoms with E-state index in [1.54, 1.807) is 0 Å². The molecule has 1 heterocycles. The maximum Gasteiger partial charge on any atom is 0.417 e. The van der Waals surface area contributed by atoms with Crippen LogP contribution in [0.3, 0.4) is 0 Å². The molecule has 0 spiro atoms. The van der Waals surface area contributed by atoms with Crippen molar-refractivity contribution in [2.45, 2.75) is 32.0 Å². The van der Waals surface area contributed by atoms with Gasteiger partial charge in [-0.05, 0) is 38.0 Å². The summed E-state index contributed by atoms with van der Waals surface area (Å²) in [5.41, 5.74) is -1.32. The standard InChI is InChI=1S/C20H18ClF3N2O5/c1-10(17(28)25-11-6-7-15(21)14(8-11)20(22,23)24)31-16(27)9-26-18(29)12-4-2-3-5-13(12)19(26)30/h2-3,6-8,10,12-13H,4-5,9H2,1H3,(H,25,28). The maximum absolute atomic E-state index is 12.9. The monoisotopic (exact) mass is 458 g/mol. The molecule has 3 unspecified atom stereocenters. The molecule has 3 rings (SSSR count). The molecule has 1 aromatic rings. The first kappa shape index (κ1) is 22.8. The minimum atomic E-state index is -4.71. The van der Waals surface area contributed by atoms with Gasteiger partial charge < -0.3 is 10.1 Å². The molecule has 0 bridgehead atoms. The number of nitrogens with zero attached hydrogens (tertiary/aromatic N) is 1. The summed E-state index contributed by atoms with van der Waals surface area (Å²) >= 11 is 5.53. The van der Waals surface area contributed by atoms with Crippen LogP contribution in [0, 0.1) is 11.8 Å². The molecule has 0 aromatic heterocycles. The van der Waals surface area contributed by atoms with Crippen LogP contribution in [-0.4, -0.2) is 41.2 Å². The van der Waals surface area contributed by atoms with Gasteiger partial charge >= 0.3 is 12.1 Å². The number of alkyl halides is 3. The topological polar surface area (TPSA) is 92.8 Å². The molecule has 1 fully saturated rings. The molecule has 0 radical (unpaired) electrons. The van der Waals surface area contributed by atoms with E-state index in [1.165, 1.54) is 13.0 Å². The molecule has 3 amide bonds. The molecule has 1 saturated heterocycles. The minimum Gasteiger partial charge on any atom is -0.451 e. The molecule has 0 saturated carbocycles. The number of halogens is 4. The summed E-state index contributed by atoms with van der Waals surface area (Å²) in [7, 11) is 0. The highest BCUT2D eigenvalue weighted by atomic mass is 35.5. The third-order valence-corrected chi connectivity index (χ3v) is 5.43. The highest BCUT2D eigenvalue weighted by molar-refractivity contribution is 6.31. The molecule has 1 aliphatic heterocycles. The van der Waals surface area contributed by atoms with Crippen LogP contribution in [0.5, 0.6) is 0 Å². The number of nitrogens with one attached hydrogen (secondary N) is 1. The number of carbonyl (C=O) groups is 4. The second kappa shape index (κ2) is 8.70. The normalized spacial score (nSPS) is 21.6. The lowest BCUT2D eigenvalue weighted by molar-refractivity contribution is -0.158. The zero-order valence-electron chi connectivity index (χ0n) is 16.2. The lowest BCUT2D eigenvalue weighted by Gasteiger charge is -2.17.